The highest BCUT2D eigenvalue weighted by Gasteiger charge is 2.42. The van der Waals surface area contributed by atoms with Gasteiger partial charge in [-0.3, -0.25) is 0 Å². The molecule has 2 aliphatic heterocycles. The van der Waals surface area contributed by atoms with Gasteiger partial charge in [-0.25, -0.2) is 4.98 Å². The lowest BCUT2D eigenvalue weighted by molar-refractivity contribution is -0.185. The molecule has 2 fully saturated rings. The molecule has 2 N–H and O–H groups in total. The Morgan fingerprint density at radius 2 is 2.09 bits per heavy atom. The molecular formula is C26H30F3N5O. The smallest absolute Gasteiger partial charge is 0.375 e. The lowest BCUT2D eigenvalue weighted by Gasteiger charge is -2.36. The number of halogens is 3. The SMILES string of the molecule is Cc1cnc(N/C2=C/C=C(/N3CCCC(C(F)(F)F)C3)CC#CC2)nc1N[C@]12C=CC[C@H](C1)OC2. The van der Waals surface area contributed by atoms with E-state index in [0.717, 1.165) is 35.6 Å². The van der Waals surface area contributed by atoms with Crippen LogP contribution in [0.4, 0.5) is 24.9 Å². The van der Waals surface area contributed by atoms with Crippen molar-refractivity contribution in [2.24, 2.45) is 5.92 Å². The van der Waals surface area contributed by atoms with Crippen LogP contribution in [0, 0.1) is 24.7 Å². The first kappa shape index (κ1) is 23.7. The van der Waals surface area contributed by atoms with Crippen LogP contribution in [0.5, 0.6) is 0 Å². The standard InChI is InChI=1S/C26H30F3N5O/c1-18-15-30-24(32-23(18)33-25-12-4-9-22(14-25)35-17-25)31-20-7-2-3-8-21(11-10-20)34-13-5-6-19(16-34)26(27,28)29/h4,10-12,15,19,22H,5-9,13-14,16-17H2,1H3,(H2,30,31,32,33)/b20-10+,21-11+/t19?,22-,25-/m1/s1. The van der Waals surface area contributed by atoms with E-state index in [-0.39, 0.29) is 24.6 Å². The van der Waals surface area contributed by atoms with Crippen LogP contribution < -0.4 is 10.6 Å². The summed E-state index contributed by atoms with van der Waals surface area (Å²) < 4.78 is 45.7. The van der Waals surface area contributed by atoms with Gasteiger partial charge in [0.25, 0.3) is 0 Å². The Labute approximate surface area is 203 Å². The summed E-state index contributed by atoms with van der Waals surface area (Å²) in [7, 11) is 0. The molecule has 0 spiro atoms. The van der Waals surface area contributed by atoms with Crippen molar-refractivity contribution in [1.82, 2.24) is 14.9 Å². The average Bonchev–Trinajstić information content (AvgIpc) is 3.10. The number of nitrogens with one attached hydrogen (secondary N) is 2. The van der Waals surface area contributed by atoms with E-state index in [0.29, 0.717) is 38.4 Å². The summed E-state index contributed by atoms with van der Waals surface area (Å²) in [4.78, 5) is 11.0. The number of nitrogens with zero attached hydrogens (tertiary/aromatic N) is 3. The van der Waals surface area contributed by atoms with Crippen LogP contribution in [0.1, 0.15) is 44.1 Å². The molecule has 1 aromatic heterocycles. The molecule has 9 heteroatoms. The van der Waals surface area contributed by atoms with Crippen molar-refractivity contribution < 1.29 is 17.9 Å². The van der Waals surface area contributed by atoms with Gasteiger partial charge in [-0.2, -0.15) is 18.2 Å². The highest BCUT2D eigenvalue weighted by atomic mass is 19.4. The largest absolute Gasteiger partial charge is 0.393 e. The summed E-state index contributed by atoms with van der Waals surface area (Å²) in [6, 6.07) is 0. The fraction of sp³-hybridized carbons (Fsp3) is 0.538. The van der Waals surface area contributed by atoms with E-state index in [1.807, 2.05) is 24.0 Å². The molecule has 0 amide bonds. The van der Waals surface area contributed by atoms with Gasteiger partial charge in [-0.15, -0.1) is 0 Å². The zero-order chi connectivity index (χ0) is 24.5. The second-order valence-corrected chi connectivity index (χ2v) is 9.79. The minimum absolute atomic E-state index is 0.00944. The lowest BCUT2D eigenvalue weighted by Crippen LogP contribution is -2.41. The molecular weight excluding hydrogens is 455 g/mol. The molecule has 186 valence electrons. The Kier molecular flexibility index (Phi) is 6.49. The van der Waals surface area contributed by atoms with Crippen LogP contribution in [-0.4, -0.2) is 52.4 Å². The van der Waals surface area contributed by atoms with Crippen LogP contribution in [0.2, 0.25) is 0 Å². The summed E-state index contributed by atoms with van der Waals surface area (Å²) in [5.41, 5.74) is 2.31. The van der Waals surface area contributed by atoms with Crippen LogP contribution in [0.15, 0.2) is 41.9 Å². The third-order valence-corrected chi connectivity index (χ3v) is 7.06. The van der Waals surface area contributed by atoms with Gasteiger partial charge < -0.3 is 20.3 Å². The normalized spacial score (nSPS) is 31.3. The van der Waals surface area contributed by atoms with Crippen molar-refractivity contribution >= 4 is 11.8 Å². The number of aromatic nitrogens is 2. The molecule has 6 nitrogen and oxygen atoms in total. The Morgan fingerprint density at radius 3 is 2.94 bits per heavy atom. The van der Waals surface area contributed by atoms with Gasteiger partial charge in [0.2, 0.25) is 5.95 Å². The number of fused-ring (bicyclic) bond motifs is 2. The van der Waals surface area contributed by atoms with Crippen LogP contribution in [-0.2, 0) is 4.74 Å². The number of likely N-dealkylation sites (tertiary alicyclic amines) is 1. The summed E-state index contributed by atoms with van der Waals surface area (Å²) in [6.45, 7) is 3.18. The Balaban J connectivity index is 1.31. The first-order chi connectivity index (χ1) is 16.8. The van der Waals surface area contributed by atoms with E-state index in [2.05, 4.69) is 39.6 Å². The van der Waals surface area contributed by atoms with Gasteiger partial charge in [0.05, 0.1) is 24.2 Å². The van der Waals surface area contributed by atoms with Gasteiger partial charge in [0, 0.05) is 55.5 Å². The summed E-state index contributed by atoms with van der Waals surface area (Å²) in [6.07, 6.45) is 9.45. The molecule has 3 heterocycles. The monoisotopic (exact) mass is 485 g/mol. The highest BCUT2D eigenvalue weighted by molar-refractivity contribution is 5.52. The van der Waals surface area contributed by atoms with E-state index in [1.165, 1.54) is 0 Å². The maximum Gasteiger partial charge on any atom is 0.393 e. The van der Waals surface area contributed by atoms with Crippen molar-refractivity contribution in [2.75, 3.05) is 30.3 Å². The number of ether oxygens (including phenoxy) is 1. The topological polar surface area (TPSA) is 62.3 Å². The average molecular weight is 486 g/mol. The molecule has 0 radical (unpaired) electrons. The molecule has 2 saturated heterocycles. The predicted octanol–water partition coefficient (Wildman–Crippen LogP) is 4.94. The highest BCUT2D eigenvalue weighted by Crippen LogP contribution is 2.36. The molecule has 1 aromatic rings. The summed E-state index contributed by atoms with van der Waals surface area (Å²) in [5, 5.41) is 6.81. The van der Waals surface area contributed by atoms with Crippen molar-refractivity contribution in [2.45, 2.75) is 63.3 Å². The van der Waals surface area contributed by atoms with Gasteiger partial charge in [0.1, 0.15) is 5.82 Å². The molecule has 3 atom stereocenters. The number of allylic oxidation sites excluding steroid dienone is 4. The quantitative estimate of drug-likeness (QED) is 0.455. The lowest BCUT2D eigenvalue weighted by atomic mass is 9.89. The van der Waals surface area contributed by atoms with E-state index in [4.69, 9.17) is 9.72 Å². The molecule has 4 aliphatic rings. The van der Waals surface area contributed by atoms with E-state index in [1.54, 1.807) is 6.20 Å². The van der Waals surface area contributed by atoms with Crippen molar-refractivity contribution in [1.29, 1.82) is 0 Å². The number of rotatable bonds is 5. The summed E-state index contributed by atoms with van der Waals surface area (Å²) in [5.74, 6) is 6.12. The van der Waals surface area contributed by atoms with Crippen LogP contribution >= 0.6 is 0 Å². The zero-order valence-electron chi connectivity index (χ0n) is 19.8. The Hall–Kier alpha value is -2.99. The molecule has 35 heavy (non-hydrogen) atoms. The maximum absolute atomic E-state index is 13.3. The van der Waals surface area contributed by atoms with Gasteiger partial charge in [0.15, 0.2) is 0 Å². The van der Waals surface area contributed by atoms with E-state index in [9.17, 15) is 13.2 Å². The number of hydrogen-bond donors (Lipinski definition) is 2. The second-order valence-electron chi connectivity index (χ2n) is 9.79. The van der Waals surface area contributed by atoms with Gasteiger partial charge >= 0.3 is 6.18 Å². The third kappa shape index (κ3) is 5.48. The van der Waals surface area contributed by atoms with Crippen molar-refractivity contribution in [3.8, 4) is 11.8 Å². The van der Waals surface area contributed by atoms with Gasteiger partial charge in [-0.1, -0.05) is 24.0 Å². The van der Waals surface area contributed by atoms with Crippen LogP contribution in [0.25, 0.3) is 0 Å². The molecule has 1 unspecified atom stereocenters. The third-order valence-electron chi connectivity index (χ3n) is 7.06. The minimum atomic E-state index is -4.16. The van der Waals surface area contributed by atoms with E-state index < -0.39 is 12.1 Å². The minimum Gasteiger partial charge on any atom is -0.375 e. The van der Waals surface area contributed by atoms with Crippen LogP contribution in [0.3, 0.4) is 0 Å². The summed E-state index contributed by atoms with van der Waals surface area (Å²) >= 11 is 0. The zero-order valence-corrected chi connectivity index (χ0v) is 19.8. The number of hydrogen-bond acceptors (Lipinski definition) is 6. The van der Waals surface area contributed by atoms with Crippen molar-refractivity contribution in [3.05, 3.63) is 47.5 Å². The molecule has 5 rings (SSSR count). The van der Waals surface area contributed by atoms with E-state index >= 15 is 0 Å². The number of alkyl halides is 3. The molecule has 2 bridgehead atoms. The number of piperidine rings is 1. The predicted molar refractivity (Wildman–Crippen MR) is 128 cm³/mol. The molecule has 0 saturated carbocycles. The molecule has 2 aliphatic carbocycles. The number of anilines is 2. The molecule has 0 aromatic carbocycles. The fourth-order valence-corrected chi connectivity index (χ4v) is 5.07. The fourth-order valence-electron chi connectivity index (χ4n) is 5.07. The van der Waals surface area contributed by atoms with Gasteiger partial charge in [-0.05, 0) is 38.3 Å². The number of aryl methyl sites for hydroxylation is 1. The Bertz CT molecular complexity index is 1120. The first-order valence-corrected chi connectivity index (χ1v) is 12.1. The maximum atomic E-state index is 13.3. The first-order valence-electron chi connectivity index (χ1n) is 12.1. The van der Waals surface area contributed by atoms with Crippen molar-refractivity contribution in [3.63, 3.8) is 0 Å². The second kappa shape index (κ2) is 9.57. The Morgan fingerprint density at radius 1 is 1.23 bits per heavy atom.